The van der Waals surface area contributed by atoms with Crippen molar-refractivity contribution in [1.82, 2.24) is 9.88 Å². The Hall–Kier alpha value is -2.10. The van der Waals surface area contributed by atoms with E-state index in [1.54, 1.807) is 0 Å². The lowest BCUT2D eigenvalue weighted by atomic mass is 9.90. The average Bonchev–Trinajstić information content (AvgIpc) is 3.42. The SMILES string of the molecule is Cc1c(CCC2CCN(C(=O)C3(C)CC3)CC2)[nH]c2ccccc2c1=O. The van der Waals surface area contributed by atoms with Crippen LogP contribution in [0.25, 0.3) is 10.9 Å². The molecule has 1 aliphatic heterocycles. The van der Waals surface area contributed by atoms with Crippen LogP contribution in [0.5, 0.6) is 0 Å². The van der Waals surface area contributed by atoms with Crippen LogP contribution in [-0.4, -0.2) is 28.9 Å². The Balaban J connectivity index is 1.38. The summed E-state index contributed by atoms with van der Waals surface area (Å²) < 4.78 is 0. The number of aryl methyl sites for hydroxylation is 1. The number of para-hydroxylation sites is 1. The number of aromatic nitrogens is 1. The summed E-state index contributed by atoms with van der Waals surface area (Å²) in [6.45, 7) is 5.82. The van der Waals surface area contributed by atoms with Crippen molar-refractivity contribution in [3.05, 3.63) is 45.7 Å². The predicted molar refractivity (Wildman–Crippen MR) is 104 cm³/mol. The van der Waals surface area contributed by atoms with Crippen molar-refractivity contribution < 1.29 is 4.79 Å². The number of H-pyrrole nitrogens is 1. The van der Waals surface area contributed by atoms with Crippen molar-refractivity contribution in [3.8, 4) is 0 Å². The zero-order valence-electron chi connectivity index (χ0n) is 15.8. The van der Waals surface area contributed by atoms with Gasteiger partial charge in [0.2, 0.25) is 5.91 Å². The molecule has 0 bridgehead atoms. The maximum absolute atomic E-state index is 12.6. The fourth-order valence-corrected chi connectivity index (χ4v) is 4.19. The van der Waals surface area contributed by atoms with Crippen LogP contribution in [0.3, 0.4) is 0 Å². The van der Waals surface area contributed by atoms with Crippen molar-refractivity contribution in [2.75, 3.05) is 13.1 Å². The molecule has 0 radical (unpaired) electrons. The van der Waals surface area contributed by atoms with Gasteiger partial charge >= 0.3 is 0 Å². The smallest absolute Gasteiger partial charge is 0.228 e. The Labute approximate surface area is 154 Å². The molecule has 0 spiro atoms. The lowest BCUT2D eigenvalue weighted by molar-refractivity contribution is -0.137. The highest BCUT2D eigenvalue weighted by Crippen LogP contribution is 2.47. The third-order valence-electron chi connectivity index (χ3n) is 6.47. The number of benzene rings is 1. The van der Waals surface area contributed by atoms with Crippen LogP contribution >= 0.6 is 0 Å². The van der Waals surface area contributed by atoms with Gasteiger partial charge in [0.1, 0.15) is 0 Å². The van der Waals surface area contributed by atoms with Gasteiger partial charge in [-0.05, 0) is 63.5 Å². The number of aromatic amines is 1. The third kappa shape index (κ3) is 3.17. The van der Waals surface area contributed by atoms with Gasteiger partial charge in [0, 0.05) is 40.7 Å². The zero-order valence-corrected chi connectivity index (χ0v) is 15.8. The number of likely N-dealkylation sites (tertiary alicyclic amines) is 1. The topological polar surface area (TPSA) is 53.2 Å². The Kier molecular flexibility index (Phi) is 4.37. The van der Waals surface area contributed by atoms with Gasteiger partial charge in [0.15, 0.2) is 5.43 Å². The van der Waals surface area contributed by atoms with Gasteiger partial charge in [-0.15, -0.1) is 0 Å². The van der Waals surface area contributed by atoms with Crippen LogP contribution in [-0.2, 0) is 11.2 Å². The largest absolute Gasteiger partial charge is 0.358 e. The molecule has 0 atom stereocenters. The number of nitrogens with one attached hydrogen (secondary N) is 1. The first kappa shape index (κ1) is 17.3. The van der Waals surface area contributed by atoms with Gasteiger partial charge in [-0.2, -0.15) is 0 Å². The molecule has 138 valence electrons. The molecule has 1 aromatic carbocycles. The molecule has 2 heterocycles. The number of rotatable bonds is 4. The summed E-state index contributed by atoms with van der Waals surface area (Å²) in [6, 6.07) is 7.73. The summed E-state index contributed by atoms with van der Waals surface area (Å²) >= 11 is 0. The summed E-state index contributed by atoms with van der Waals surface area (Å²) in [6.07, 6.45) is 6.26. The lowest BCUT2D eigenvalue weighted by Gasteiger charge is -2.33. The summed E-state index contributed by atoms with van der Waals surface area (Å²) in [5.41, 5.74) is 2.94. The summed E-state index contributed by atoms with van der Waals surface area (Å²) in [7, 11) is 0. The van der Waals surface area contributed by atoms with Gasteiger partial charge < -0.3 is 9.88 Å². The molecule has 4 rings (SSSR count). The van der Waals surface area contributed by atoms with Crippen LogP contribution in [0.4, 0.5) is 0 Å². The molecule has 1 saturated heterocycles. The molecule has 0 unspecified atom stereocenters. The molecule has 2 aliphatic rings. The number of nitrogens with zero attached hydrogens (tertiary/aromatic N) is 1. The average molecular weight is 352 g/mol. The molecule has 4 heteroatoms. The predicted octanol–water partition coefficient (Wildman–Crippen LogP) is 3.81. The molecule has 1 N–H and O–H groups in total. The number of carbonyl (C=O) groups is 1. The number of carbonyl (C=O) groups excluding carboxylic acids is 1. The number of fused-ring (bicyclic) bond motifs is 1. The van der Waals surface area contributed by atoms with Crippen LogP contribution in [0.15, 0.2) is 29.1 Å². The molecule has 1 aromatic heterocycles. The minimum Gasteiger partial charge on any atom is -0.358 e. The Morgan fingerprint density at radius 2 is 1.92 bits per heavy atom. The van der Waals surface area contributed by atoms with E-state index in [1.807, 2.05) is 31.2 Å². The van der Waals surface area contributed by atoms with E-state index in [4.69, 9.17) is 0 Å². The van der Waals surface area contributed by atoms with Crippen molar-refractivity contribution in [1.29, 1.82) is 0 Å². The van der Waals surface area contributed by atoms with Gasteiger partial charge in [0.25, 0.3) is 0 Å². The Bertz CT molecular complexity index is 887. The Morgan fingerprint density at radius 1 is 1.23 bits per heavy atom. The third-order valence-corrected chi connectivity index (χ3v) is 6.47. The van der Waals surface area contributed by atoms with Crippen LogP contribution in [0, 0.1) is 18.3 Å². The number of pyridine rings is 1. The molecule has 2 fully saturated rings. The fourth-order valence-electron chi connectivity index (χ4n) is 4.19. The van der Waals surface area contributed by atoms with Gasteiger partial charge in [-0.25, -0.2) is 0 Å². The molecule has 4 nitrogen and oxygen atoms in total. The summed E-state index contributed by atoms with van der Waals surface area (Å²) in [5.74, 6) is 1.01. The highest BCUT2D eigenvalue weighted by atomic mass is 16.2. The molecular weight excluding hydrogens is 324 g/mol. The number of hydrogen-bond acceptors (Lipinski definition) is 2. The van der Waals surface area contributed by atoms with Gasteiger partial charge in [0.05, 0.1) is 0 Å². The van der Waals surface area contributed by atoms with E-state index in [-0.39, 0.29) is 10.8 Å². The highest BCUT2D eigenvalue weighted by molar-refractivity contribution is 5.85. The zero-order chi connectivity index (χ0) is 18.3. The number of hydrogen-bond donors (Lipinski definition) is 1. The lowest BCUT2D eigenvalue weighted by Crippen LogP contribution is -2.42. The van der Waals surface area contributed by atoms with Crippen molar-refractivity contribution >= 4 is 16.8 Å². The minimum atomic E-state index is -0.0471. The fraction of sp³-hybridized carbons (Fsp3) is 0.545. The molecular formula is C22H28N2O2. The van der Waals surface area contributed by atoms with Gasteiger partial charge in [-0.1, -0.05) is 19.1 Å². The van der Waals surface area contributed by atoms with Crippen molar-refractivity contribution in [2.24, 2.45) is 11.3 Å². The number of piperidine rings is 1. The minimum absolute atomic E-state index is 0.0471. The second-order valence-electron chi connectivity index (χ2n) is 8.44. The second kappa shape index (κ2) is 6.57. The van der Waals surface area contributed by atoms with E-state index in [1.165, 1.54) is 0 Å². The van der Waals surface area contributed by atoms with E-state index < -0.39 is 0 Å². The first-order valence-electron chi connectivity index (χ1n) is 9.88. The van der Waals surface area contributed by atoms with E-state index >= 15 is 0 Å². The van der Waals surface area contributed by atoms with Crippen molar-refractivity contribution in [2.45, 2.75) is 52.4 Å². The first-order valence-corrected chi connectivity index (χ1v) is 9.88. The van der Waals surface area contributed by atoms with Crippen LogP contribution in [0.2, 0.25) is 0 Å². The van der Waals surface area contributed by atoms with Crippen LogP contribution < -0.4 is 5.43 Å². The monoisotopic (exact) mass is 352 g/mol. The first-order chi connectivity index (χ1) is 12.5. The van der Waals surface area contributed by atoms with E-state index in [2.05, 4.69) is 16.8 Å². The highest BCUT2D eigenvalue weighted by Gasteiger charge is 2.47. The van der Waals surface area contributed by atoms with E-state index in [9.17, 15) is 9.59 Å². The number of amides is 1. The molecule has 26 heavy (non-hydrogen) atoms. The normalized spacial score (nSPS) is 19.7. The maximum atomic E-state index is 12.6. The van der Waals surface area contributed by atoms with Crippen LogP contribution in [0.1, 0.15) is 50.3 Å². The van der Waals surface area contributed by atoms with E-state index in [0.29, 0.717) is 11.8 Å². The molecule has 1 amide bonds. The summed E-state index contributed by atoms with van der Waals surface area (Å²) in [5, 5.41) is 0.772. The quantitative estimate of drug-likeness (QED) is 0.910. The standard InChI is InChI=1S/C22H28N2O2/c1-15-18(23-19-6-4-3-5-17(19)20(15)25)8-7-16-9-13-24(14-10-16)21(26)22(2)11-12-22/h3-6,16H,7-14H2,1-2H3,(H,23,25). The summed E-state index contributed by atoms with van der Waals surface area (Å²) in [4.78, 5) is 30.6. The molecule has 1 aliphatic carbocycles. The Morgan fingerprint density at radius 3 is 2.62 bits per heavy atom. The second-order valence-corrected chi connectivity index (χ2v) is 8.44. The van der Waals surface area contributed by atoms with Gasteiger partial charge in [-0.3, -0.25) is 9.59 Å². The van der Waals surface area contributed by atoms with Crippen molar-refractivity contribution in [3.63, 3.8) is 0 Å². The molecule has 2 aromatic rings. The molecule has 1 saturated carbocycles. The van der Waals surface area contributed by atoms with E-state index in [0.717, 1.165) is 73.8 Å². The maximum Gasteiger partial charge on any atom is 0.228 e.